The first kappa shape index (κ1) is 13.6. The van der Waals surface area contributed by atoms with Gasteiger partial charge in [-0.05, 0) is 57.1 Å². The van der Waals surface area contributed by atoms with Crippen molar-refractivity contribution in [1.29, 1.82) is 0 Å². The molecule has 1 heterocycles. The van der Waals surface area contributed by atoms with Crippen LogP contribution in [0, 0.1) is 0 Å². The second-order valence-corrected chi connectivity index (χ2v) is 5.96. The van der Waals surface area contributed by atoms with E-state index in [0.717, 1.165) is 36.9 Å². The van der Waals surface area contributed by atoms with Crippen molar-refractivity contribution in [3.05, 3.63) is 28.6 Å². The van der Waals surface area contributed by atoms with Crippen LogP contribution in [-0.2, 0) is 11.2 Å². The van der Waals surface area contributed by atoms with Crippen LogP contribution >= 0.6 is 0 Å². The second-order valence-electron chi connectivity index (χ2n) is 5.96. The molecule has 0 aliphatic heterocycles. The van der Waals surface area contributed by atoms with E-state index in [4.69, 9.17) is 9.72 Å². The normalized spacial score (nSPS) is 21.4. The van der Waals surface area contributed by atoms with Gasteiger partial charge in [-0.3, -0.25) is 4.98 Å². The van der Waals surface area contributed by atoms with E-state index in [-0.39, 0.29) is 5.97 Å². The van der Waals surface area contributed by atoms with Gasteiger partial charge in [0, 0.05) is 17.5 Å². The molecule has 3 heteroatoms. The van der Waals surface area contributed by atoms with E-state index in [1.165, 1.54) is 24.1 Å². The second kappa shape index (κ2) is 5.55. The molecule has 2 aliphatic carbocycles. The number of carbonyl (C=O) groups excluding carboxylic acids is 1. The standard InChI is InChI=1S/C17H23NO2/c1-3-11-6-5-7-13-10-14(17(19)20-4-2)16(12-8-9-12)18-15(11)13/h10-12H,3-9H2,1-2H3. The Morgan fingerprint density at radius 1 is 1.30 bits per heavy atom. The lowest BCUT2D eigenvalue weighted by Gasteiger charge is -2.25. The Morgan fingerprint density at radius 2 is 2.10 bits per heavy atom. The lowest BCUT2D eigenvalue weighted by atomic mass is 9.84. The van der Waals surface area contributed by atoms with Gasteiger partial charge in [-0.15, -0.1) is 0 Å². The highest BCUT2D eigenvalue weighted by Gasteiger charge is 2.33. The third-order valence-electron chi connectivity index (χ3n) is 4.50. The maximum atomic E-state index is 12.2. The van der Waals surface area contributed by atoms with Crippen LogP contribution in [0.4, 0.5) is 0 Å². The largest absolute Gasteiger partial charge is 0.462 e. The summed E-state index contributed by atoms with van der Waals surface area (Å²) < 4.78 is 5.21. The van der Waals surface area contributed by atoms with Crippen molar-refractivity contribution in [2.75, 3.05) is 6.61 Å². The van der Waals surface area contributed by atoms with Gasteiger partial charge < -0.3 is 4.74 Å². The molecule has 3 nitrogen and oxygen atoms in total. The van der Waals surface area contributed by atoms with Gasteiger partial charge in [0.2, 0.25) is 0 Å². The van der Waals surface area contributed by atoms with Gasteiger partial charge in [0.25, 0.3) is 0 Å². The number of fused-ring (bicyclic) bond motifs is 1. The molecule has 1 aromatic rings. The van der Waals surface area contributed by atoms with Crippen LogP contribution < -0.4 is 0 Å². The van der Waals surface area contributed by atoms with E-state index < -0.39 is 0 Å². The van der Waals surface area contributed by atoms with Gasteiger partial charge in [-0.1, -0.05) is 6.92 Å². The van der Waals surface area contributed by atoms with Crippen LogP contribution in [0.15, 0.2) is 6.07 Å². The van der Waals surface area contributed by atoms with E-state index >= 15 is 0 Å². The predicted octanol–water partition coefficient (Wildman–Crippen LogP) is 3.97. The smallest absolute Gasteiger partial charge is 0.339 e. The van der Waals surface area contributed by atoms with Crippen LogP contribution in [0.1, 0.15) is 85.1 Å². The average Bonchev–Trinajstić information content (AvgIpc) is 3.30. The summed E-state index contributed by atoms with van der Waals surface area (Å²) >= 11 is 0. The van der Waals surface area contributed by atoms with Gasteiger partial charge in [-0.25, -0.2) is 4.79 Å². The molecule has 108 valence electrons. The number of carbonyl (C=O) groups is 1. The van der Waals surface area contributed by atoms with Gasteiger partial charge in [0.05, 0.1) is 17.9 Å². The molecule has 0 N–H and O–H groups in total. The third kappa shape index (κ3) is 2.46. The Balaban J connectivity index is 2.04. The van der Waals surface area contributed by atoms with Crippen molar-refractivity contribution in [2.45, 2.75) is 64.2 Å². The molecule has 0 amide bonds. The molecule has 0 radical (unpaired) electrons. The van der Waals surface area contributed by atoms with Crippen molar-refractivity contribution in [3.63, 3.8) is 0 Å². The highest BCUT2D eigenvalue weighted by atomic mass is 16.5. The molecule has 0 aromatic carbocycles. The number of nitrogens with zero attached hydrogens (tertiary/aromatic N) is 1. The molecular weight excluding hydrogens is 250 g/mol. The van der Waals surface area contributed by atoms with Crippen molar-refractivity contribution < 1.29 is 9.53 Å². The minimum Gasteiger partial charge on any atom is -0.462 e. The molecule has 0 saturated heterocycles. The van der Waals surface area contributed by atoms with E-state index in [0.29, 0.717) is 18.4 Å². The zero-order valence-electron chi connectivity index (χ0n) is 12.4. The Kier molecular flexibility index (Phi) is 3.77. The van der Waals surface area contributed by atoms with Crippen molar-refractivity contribution in [3.8, 4) is 0 Å². The summed E-state index contributed by atoms with van der Waals surface area (Å²) in [6, 6.07) is 2.08. The van der Waals surface area contributed by atoms with Gasteiger partial charge in [-0.2, -0.15) is 0 Å². The fourth-order valence-electron chi connectivity index (χ4n) is 3.25. The molecule has 1 atom stereocenters. The van der Waals surface area contributed by atoms with Crippen molar-refractivity contribution >= 4 is 5.97 Å². The van der Waals surface area contributed by atoms with Crippen LogP contribution in [0.2, 0.25) is 0 Å². The van der Waals surface area contributed by atoms with E-state index in [1.54, 1.807) is 0 Å². The van der Waals surface area contributed by atoms with Crippen molar-refractivity contribution in [2.24, 2.45) is 0 Å². The summed E-state index contributed by atoms with van der Waals surface area (Å²) in [7, 11) is 0. The maximum Gasteiger partial charge on any atom is 0.339 e. The highest BCUT2D eigenvalue weighted by molar-refractivity contribution is 5.91. The summed E-state index contributed by atoms with van der Waals surface area (Å²) in [5.41, 5.74) is 4.26. The summed E-state index contributed by atoms with van der Waals surface area (Å²) in [5, 5.41) is 0. The average molecular weight is 273 g/mol. The van der Waals surface area contributed by atoms with E-state index in [1.807, 2.05) is 6.92 Å². The molecule has 2 aliphatic rings. The van der Waals surface area contributed by atoms with Crippen LogP contribution in [0.25, 0.3) is 0 Å². The number of aromatic nitrogens is 1. The van der Waals surface area contributed by atoms with Gasteiger partial charge in [0.15, 0.2) is 0 Å². The van der Waals surface area contributed by atoms with Gasteiger partial charge in [0.1, 0.15) is 0 Å². The number of aryl methyl sites for hydroxylation is 1. The molecule has 0 bridgehead atoms. The molecule has 1 fully saturated rings. The third-order valence-corrected chi connectivity index (χ3v) is 4.50. The maximum absolute atomic E-state index is 12.2. The Bertz CT molecular complexity index is 520. The topological polar surface area (TPSA) is 39.2 Å². The molecule has 1 unspecified atom stereocenters. The fourth-order valence-corrected chi connectivity index (χ4v) is 3.25. The minimum atomic E-state index is -0.191. The monoisotopic (exact) mass is 273 g/mol. The summed E-state index contributed by atoms with van der Waals surface area (Å²) in [6.45, 7) is 4.52. The number of rotatable bonds is 4. The van der Waals surface area contributed by atoms with E-state index in [9.17, 15) is 4.79 Å². The van der Waals surface area contributed by atoms with Crippen LogP contribution in [-0.4, -0.2) is 17.6 Å². The van der Waals surface area contributed by atoms with Crippen molar-refractivity contribution in [1.82, 2.24) is 4.98 Å². The quantitative estimate of drug-likeness (QED) is 0.779. The zero-order valence-corrected chi connectivity index (χ0v) is 12.4. The predicted molar refractivity (Wildman–Crippen MR) is 78.1 cm³/mol. The molecule has 0 spiro atoms. The number of hydrogen-bond donors (Lipinski definition) is 0. The number of hydrogen-bond acceptors (Lipinski definition) is 3. The number of ether oxygens (including phenoxy) is 1. The summed E-state index contributed by atoms with van der Waals surface area (Å²) in [4.78, 5) is 17.1. The van der Waals surface area contributed by atoms with Crippen LogP contribution in [0.5, 0.6) is 0 Å². The minimum absolute atomic E-state index is 0.191. The molecule has 1 saturated carbocycles. The SMILES string of the molecule is CCOC(=O)c1cc2c(nc1C1CC1)C(CC)CCC2. The molecule has 1 aromatic heterocycles. The first-order valence-electron chi connectivity index (χ1n) is 7.95. The lowest BCUT2D eigenvalue weighted by Crippen LogP contribution is -2.17. The molecule has 3 rings (SSSR count). The van der Waals surface area contributed by atoms with E-state index in [2.05, 4.69) is 13.0 Å². The van der Waals surface area contributed by atoms with Crippen LogP contribution in [0.3, 0.4) is 0 Å². The lowest BCUT2D eigenvalue weighted by molar-refractivity contribution is 0.0524. The number of pyridine rings is 1. The highest BCUT2D eigenvalue weighted by Crippen LogP contribution is 2.43. The molecule has 20 heavy (non-hydrogen) atoms. The van der Waals surface area contributed by atoms with Gasteiger partial charge >= 0.3 is 5.97 Å². The Labute approximate surface area is 120 Å². The number of esters is 1. The fraction of sp³-hybridized carbons (Fsp3) is 0.647. The summed E-state index contributed by atoms with van der Waals surface area (Å²) in [6.07, 6.45) is 6.96. The molecular formula is C17H23NO2. The first-order chi connectivity index (χ1) is 9.74. The first-order valence-corrected chi connectivity index (χ1v) is 7.95. The Morgan fingerprint density at radius 3 is 2.75 bits per heavy atom. The zero-order chi connectivity index (χ0) is 14.1. The Hall–Kier alpha value is -1.38. The summed E-state index contributed by atoms with van der Waals surface area (Å²) in [5.74, 6) is 0.870.